The number of alkyl halides is 2. The number of halogens is 2. The predicted molar refractivity (Wildman–Crippen MR) is 82.4 cm³/mol. The lowest BCUT2D eigenvalue weighted by Crippen LogP contribution is -2.48. The Balaban J connectivity index is 1.66. The van der Waals surface area contributed by atoms with Gasteiger partial charge in [-0.05, 0) is 37.6 Å². The van der Waals surface area contributed by atoms with Crippen LogP contribution in [0.3, 0.4) is 0 Å². The predicted octanol–water partition coefficient (Wildman–Crippen LogP) is 2.68. The summed E-state index contributed by atoms with van der Waals surface area (Å²) in [7, 11) is 0. The lowest BCUT2D eigenvalue weighted by Gasteiger charge is -2.29. The molecular weight excluding hydrogens is 326 g/mol. The number of ether oxygens (including phenoxy) is 1. The number of carbonyl (C=O) groups is 2. The minimum absolute atomic E-state index is 0.00155. The molecule has 2 amide bonds. The van der Waals surface area contributed by atoms with Crippen molar-refractivity contribution < 1.29 is 23.1 Å². The van der Waals surface area contributed by atoms with E-state index in [1.807, 2.05) is 6.92 Å². The van der Waals surface area contributed by atoms with Crippen molar-refractivity contribution in [2.75, 3.05) is 11.1 Å². The highest BCUT2D eigenvalue weighted by Crippen LogP contribution is 2.47. The van der Waals surface area contributed by atoms with Crippen molar-refractivity contribution in [2.24, 2.45) is 0 Å². The molecule has 8 heteroatoms. The van der Waals surface area contributed by atoms with E-state index in [1.54, 1.807) is 16.7 Å². The van der Waals surface area contributed by atoms with E-state index in [-0.39, 0.29) is 22.4 Å². The number of benzene rings is 1. The number of anilines is 1. The Kier molecular flexibility index (Phi) is 4.18. The van der Waals surface area contributed by atoms with Crippen LogP contribution in [0.25, 0.3) is 0 Å². The van der Waals surface area contributed by atoms with Crippen molar-refractivity contribution in [3.63, 3.8) is 0 Å². The van der Waals surface area contributed by atoms with Crippen LogP contribution in [0.1, 0.15) is 19.8 Å². The fraction of sp³-hybridized carbons (Fsp3) is 0.467. The molecule has 0 spiro atoms. The summed E-state index contributed by atoms with van der Waals surface area (Å²) >= 11 is 1.62. The van der Waals surface area contributed by atoms with Gasteiger partial charge < -0.3 is 15.0 Å². The zero-order valence-corrected chi connectivity index (χ0v) is 13.2. The van der Waals surface area contributed by atoms with E-state index in [1.165, 1.54) is 24.3 Å². The molecule has 2 aliphatic heterocycles. The molecule has 0 saturated carbocycles. The highest BCUT2D eigenvalue weighted by atomic mass is 32.2. The maximum absolute atomic E-state index is 12.4. The number of fused-ring (bicyclic) bond motifs is 1. The summed E-state index contributed by atoms with van der Waals surface area (Å²) < 4.78 is 28.5. The molecule has 2 saturated heterocycles. The second kappa shape index (κ2) is 5.99. The first-order valence-electron chi connectivity index (χ1n) is 7.21. The van der Waals surface area contributed by atoms with Crippen molar-refractivity contribution in [3.8, 4) is 5.75 Å². The monoisotopic (exact) mass is 342 g/mol. The lowest BCUT2D eigenvalue weighted by molar-refractivity contribution is -0.135. The van der Waals surface area contributed by atoms with E-state index < -0.39 is 12.7 Å². The number of rotatable bonds is 4. The van der Waals surface area contributed by atoms with Crippen molar-refractivity contribution >= 4 is 29.3 Å². The van der Waals surface area contributed by atoms with Gasteiger partial charge in [0.25, 0.3) is 0 Å². The van der Waals surface area contributed by atoms with Crippen LogP contribution in [-0.4, -0.2) is 40.0 Å². The lowest BCUT2D eigenvalue weighted by atomic mass is 10.2. The molecule has 1 N–H and O–H groups in total. The quantitative estimate of drug-likeness (QED) is 0.914. The third-order valence-corrected chi connectivity index (χ3v) is 5.60. The highest BCUT2D eigenvalue weighted by Gasteiger charge is 2.52. The van der Waals surface area contributed by atoms with Gasteiger partial charge in [-0.3, -0.25) is 9.59 Å². The second-order valence-corrected chi connectivity index (χ2v) is 7.16. The summed E-state index contributed by atoms with van der Waals surface area (Å²) in [5.41, 5.74) is 0.474. The molecule has 0 bridgehead atoms. The van der Waals surface area contributed by atoms with Crippen LogP contribution in [0, 0.1) is 0 Å². The van der Waals surface area contributed by atoms with Crippen molar-refractivity contribution in [1.29, 1.82) is 0 Å². The van der Waals surface area contributed by atoms with Gasteiger partial charge in [-0.15, -0.1) is 11.8 Å². The third-order valence-electron chi connectivity index (χ3n) is 4.09. The summed E-state index contributed by atoms with van der Waals surface area (Å²) in [5.74, 6) is 0.315. The Morgan fingerprint density at radius 3 is 2.78 bits per heavy atom. The van der Waals surface area contributed by atoms with Crippen LogP contribution in [0.5, 0.6) is 5.75 Å². The average Bonchev–Trinajstić information content (AvgIpc) is 2.98. The normalized spacial score (nSPS) is 26.5. The standard InChI is InChI=1S/C15H16F2N2O3S/c1-15-7-6-12(20)19(15)11(8-23-15)13(21)18-9-2-4-10(5-3-9)22-14(16)17/h2-5,11,14H,6-8H2,1H3,(H,18,21)/t11-,15+/m0/s1. The SMILES string of the molecule is C[C@@]12CCC(=O)N1[C@H](C(=O)Nc1ccc(OC(F)F)cc1)CS2. The molecule has 0 unspecified atom stereocenters. The number of hydrogen-bond donors (Lipinski definition) is 1. The molecule has 0 aromatic heterocycles. The number of carbonyl (C=O) groups excluding carboxylic acids is 2. The van der Waals surface area contributed by atoms with Gasteiger partial charge in [0, 0.05) is 17.9 Å². The molecule has 5 nitrogen and oxygen atoms in total. The number of nitrogens with one attached hydrogen (secondary N) is 1. The van der Waals surface area contributed by atoms with Crippen molar-refractivity contribution in [3.05, 3.63) is 24.3 Å². The fourth-order valence-corrected chi connectivity index (χ4v) is 4.39. The minimum Gasteiger partial charge on any atom is -0.435 e. The van der Waals surface area contributed by atoms with E-state index in [4.69, 9.17) is 0 Å². The van der Waals surface area contributed by atoms with E-state index in [0.717, 1.165) is 6.42 Å². The van der Waals surface area contributed by atoms with Crippen LogP contribution in [0.15, 0.2) is 24.3 Å². The Hall–Kier alpha value is -1.83. The maximum atomic E-state index is 12.4. The number of hydrogen-bond acceptors (Lipinski definition) is 4. The molecule has 2 aliphatic rings. The zero-order valence-electron chi connectivity index (χ0n) is 12.4. The van der Waals surface area contributed by atoms with E-state index in [2.05, 4.69) is 10.1 Å². The summed E-state index contributed by atoms with van der Waals surface area (Å²) in [6, 6.07) is 5.19. The molecule has 2 heterocycles. The van der Waals surface area contributed by atoms with Crippen LogP contribution in [0.4, 0.5) is 14.5 Å². The smallest absolute Gasteiger partial charge is 0.387 e. The molecule has 2 fully saturated rings. The first-order chi connectivity index (χ1) is 10.9. The Morgan fingerprint density at radius 2 is 2.13 bits per heavy atom. The second-order valence-electron chi connectivity index (χ2n) is 5.66. The van der Waals surface area contributed by atoms with Crippen molar-refractivity contribution in [2.45, 2.75) is 37.3 Å². The molecule has 1 aromatic rings. The van der Waals surface area contributed by atoms with E-state index in [9.17, 15) is 18.4 Å². The molecule has 124 valence electrons. The third kappa shape index (κ3) is 3.12. The summed E-state index contributed by atoms with van der Waals surface area (Å²) in [6.07, 6.45) is 1.22. The molecule has 0 aliphatic carbocycles. The minimum atomic E-state index is -2.88. The van der Waals surface area contributed by atoms with Crippen LogP contribution < -0.4 is 10.1 Å². The van der Waals surface area contributed by atoms with Gasteiger partial charge in [-0.1, -0.05) is 0 Å². The maximum Gasteiger partial charge on any atom is 0.387 e. The van der Waals surface area contributed by atoms with E-state index >= 15 is 0 Å². The topological polar surface area (TPSA) is 58.6 Å². The highest BCUT2D eigenvalue weighted by molar-refractivity contribution is 8.01. The van der Waals surface area contributed by atoms with Gasteiger partial charge in [0.15, 0.2) is 0 Å². The molecular formula is C15H16F2N2O3S. The summed E-state index contributed by atoms with van der Waals surface area (Å²) in [6.45, 7) is -0.906. The number of nitrogens with zero attached hydrogens (tertiary/aromatic N) is 1. The van der Waals surface area contributed by atoms with Gasteiger partial charge in [-0.25, -0.2) is 0 Å². The van der Waals surface area contributed by atoms with Gasteiger partial charge in [0.05, 0.1) is 4.87 Å². The Labute approximate surface area is 136 Å². The fourth-order valence-electron chi connectivity index (χ4n) is 2.96. The van der Waals surface area contributed by atoms with Gasteiger partial charge in [0.1, 0.15) is 11.8 Å². The largest absolute Gasteiger partial charge is 0.435 e. The zero-order chi connectivity index (χ0) is 16.6. The van der Waals surface area contributed by atoms with Crippen LogP contribution in [0.2, 0.25) is 0 Å². The van der Waals surface area contributed by atoms with Gasteiger partial charge in [-0.2, -0.15) is 8.78 Å². The Morgan fingerprint density at radius 1 is 1.43 bits per heavy atom. The summed E-state index contributed by atoms with van der Waals surface area (Å²) in [5, 5.41) is 2.73. The van der Waals surface area contributed by atoms with Crippen LogP contribution in [-0.2, 0) is 9.59 Å². The Bertz CT molecular complexity index is 626. The average molecular weight is 342 g/mol. The summed E-state index contributed by atoms with van der Waals surface area (Å²) in [4.78, 5) is 25.8. The molecule has 0 radical (unpaired) electrons. The van der Waals surface area contributed by atoms with E-state index in [0.29, 0.717) is 17.9 Å². The molecule has 23 heavy (non-hydrogen) atoms. The first-order valence-corrected chi connectivity index (χ1v) is 8.19. The molecule has 1 aromatic carbocycles. The number of thioether (sulfide) groups is 1. The van der Waals surface area contributed by atoms with Gasteiger partial charge in [0.2, 0.25) is 11.8 Å². The van der Waals surface area contributed by atoms with Crippen LogP contribution >= 0.6 is 11.8 Å². The molecule has 3 rings (SSSR count). The number of amides is 2. The van der Waals surface area contributed by atoms with Crippen molar-refractivity contribution in [1.82, 2.24) is 4.90 Å². The first kappa shape index (κ1) is 16.0. The van der Waals surface area contributed by atoms with Gasteiger partial charge >= 0.3 is 6.61 Å². The molecule has 2 atom stereocenters.